The van der Waals surface area contributed by atoms with Crippen LogP contribution in [0.3, 0.4) is 0 Å². The number of benzene rings is 2. The van der Waals surface area contributed by atoms with Crippen LogP contribution in [-0.2, 0) is 6.42 Å². The summed E-state index contributed by atoms with van der Waals surface area (Å²) in [6.45, 7) is 5.79. The molecule has 1 aromatic heterocycles. The SMILES string of the molecule is c1ccc(N2CCN(CCC3CCc4c3cnn4-c3ccccc3)CC2)cc1. The summed E-state index contributed by atoms with van der Waals surface area (Å²) in [5.74, 6) is 0.666. The number of nitrogens with zero attached hydrogens (tertiary/aromatic N) is 4. The molecule has 28 heavy (non-hydrogen) atoms. The first kappa shape index (κ1) is 17.5. The van der Waals surface area contributed by atoms with Crippen LogP contribution >= 0.6 is 0 Å². The van der Waals surface area contributed by atoms with Gasteiger partial charge >= 0.3 is 0 Å². The van der Waals surface area contributed by atoms with E-state index in [1.54, 1.807) is 0 Å². The second kappa shape index (κ2) is 7.80. The molecule has 4 nitrogen and oxygen atoms in total. The zero-order valence-corrected chi connectivity index (χ0v) is 16.4. The van der Waals surface area contributed by atoms with Gasteiger partial charge < -0.3 is 4.90 Å². The Labute approximate surface area is 167 Å². The topological polar surface area (TPSA) is 24.3 Å². The van der Waals surface area contributed by atoms with Crippen molar-refractivity contribution in [2.75, 3.05) is 37.6 Å². The van der Waals surface area contributed by atoms with E-state index in [2.05, 4.69) is 81.3 Å². The number of anilines is 1. The largest absolute Gasteiger partial charge is 0.369 e. The van der Waals surface area contributed by atoms with Gasteiger partial charge in [0.1, 0.15) is 0 Å². The van der Waals surface area contributed by atoms with Crippen molar-refractivity contribution in [2.24, 2.45) is 0 Å². The Kier molecular flexibility index (Phi) is 4.88. The molecular formula is C24H28N4. The number of hydrogen-bond donors (Lipinski definition) is 0. The van der Waals surface area contributed by atoms with Gasteiger partial charge in [-0.3, -0.25) is 4.90 Å². The minimum absolute atomic E-state index is 0.666. The Hall–Kier alpha value is -2.59. The summed E-state index contributed by atoms with van der Waals surface area (Å²) in [6.07, 6.45) is 5.78. The Bertz CT molecular complexity index is 895. The van der Waals surface area contributed by atoms with Crippen molar-refractivity contribution in [1.82, 2.24) is 14.7 Å². The van der Waals surface area contributed by atoms with Gasteiger partial charge in [0.15, 0.2) is 0 Å². The van der Waals surface area contributed by atoms with Gasteiger partial charge in [-0.15, -0.1) is 0 Å². The normalized spacial score (nSPS) is 19.7. The molecule has 0 bridgehead atoms. The second-order valence-electron chi connectivity index (χ2n) is 7.98. The molecule has 1 aliphatic carbocycles. The number of aromatic nitrogens is 2. The summed E-state index contributed by atoms with van der Waals surface area (Å²) >= 11 is 0. The van der Waals surface area contributed by atoms with E-state index in [1.165, 1.54) is 42.0 Å². The van der Waals surface area contributed by atoms with Crippen LogP contribution in [0.25, 0.3) is 5.69 Å². The van der Waals surface area contributed by atoms with Crippen molar-refractivity contribution < 1.29 is 0 Å². The van der Waals surface area contributed by atoms with Crippen molar-refractivity contribution in [2.45, 2.75) is 25.2 Å². The van der Waals surface area contributed by atoms with Gasteiger partial charge in [-0.25, -0.2) is 4.68 Å². The van der Waals surface area contributed by atoms with Crippen LogP contribution < -0.4 is 4.90 Å². The lowest BCUT2D eigenvalue weighted by Gasteiger charge is -2.36. The first-order valence-electron chi connectivity index (χ1n) is 10.5. The zero-order valence-electron chi connectivity index (χ0n) is 16.4. The molecule has 1 saturated heterocycles. The van der Waals surface area contributed by atoms with Gasteiger partial charge in [-0.2, -0.15) is 5.10 Å². The van der Waals surface area contributed by atoms with Crippen LogP contribution in [0, 0.1) is 0 Å². The van der Waals surface area contributed by atoms with E-state index < -0.39 is 0 Å². The summed E-state index contributed by atoms with van der Waals surface area (Å²) in [6, 6.07) is 21.3. The average Bonchev–Trinajstić information content (AvgIpc) is 3.36. The van der Waals surface area contributed by atoms with Crippen molar-refractivity contribution in [3.8, 4) is 5.69 Å². The summed E-state index contributed by atoms with van der Waals surface area (Å²) in [7, 11) is 0. The molecule has 0 spiro atoms. The summed E-state index contributed by atoms with van der Waals surface area (Å²) in [4.78, 5) is 5.15. The highest BCUT2D eigenvalue weighted by Crippen LogP contribution is 2.36. The predicted molar refractivity (Wildman–Crippen MR) is 114 cm³/mol. The third-order valence-electron chi connectivity index (χ3n) is 6.36. The third-order valence-corrected chi connectivity index (χ3v) is 6.36. The van der Waals surface area contributed by atoms with Gasteiger partial charge in [0, 0.05) is 37.6 Å². The quantitative estimate of drug-likeness (QED) is 0.673. The average molecular weight is 373 g/mol. The lowest BCUT2D eigenvalue weighted by molar-refractivity contribution is 0.248. The minimum Gasteiger partial charge on any atom is -0.369 e. The van der Waals surface area contributed by atoms with E-state index in [1.807, 2.05) is 0 Å². The molecular weight excluding hydrogens is 344 g/mol. The van der Waals surface area contributed by atoms with Crippen molar-refractivity contribution >= 4 is 5.69 Å². The molecule has 3 aromatic rings. The number of para-hydroxylation sites is 2. The molecule has 2 aliphatic rings. The van der Waals surface area contributed by atoms with E-state index in [9.17, 15) is 0 Å². The molecule has 2 heterocycles. The third kappa shape index (κ3) is 3.45. The van der Waals surface area contributed by atoms with E-state index >= 15 is 0 Å². The van der Waals surface area contributed by atoms with E-state index in [-0.39, 0.29) is 0 Å². The standard InChI is InChI=1S/C24H28N4/c1-3-7-21(8-4-1)27-17-15-26(16-18-27)14-13-20-11-12-24-23(20)19-25-28(24)22-9-5-2-6-10-22/h1-10,19-20H,11-18H2. The van der Waals surface area contributed by atoms with Crippen LogP contribution in [0.4, 0.5) is 5.69 Å². The van der Waals surface area contributed by atoms with Gasteiger partial charge in [-0.1, -0.05) is 36.4 Å². The van der Waals surface area contributed by atoms with Crippen LogP contribution in [0.15, 0.2) is 66.9 Å². The molecule has 5 rings (SSSR count). The van der Waals surface area contributed by atoms with Crippen LogP contribution in [0.5, 0.6) is 0 Å². The van der Waals surface area contributed by atoms with Gasteiger partial charge in [0.25, 0.3) is 0 Å². The number of hydrogen-bond acceptors (Lipinski definition) is 3. The smallest absolute Gasteiger partial charge is 0.0648 e. The molecule has 1 unspecified atom stereocenters. The predicted octanol–water partition coefficient (Wildman–Crippen LogP) is 4.11. The van der Waals surface area contributed by atoms with Crippen molar-refractivity contribution in [3.63, 3.8) is 0 Å². The lowest BCUT2D eigenvalue weighted by atomic mass is 10.00. The molecule has 0 N–H and O–H groups in total. The zero-order chi connectivity index (χ0) is 18.8. The molecule has 0 radical (unpaired) electrons. The first-order valence-corrected chi connectivity index (χ1v) is 10.5. The van der Waals surface area contributed by atoms with Crippen LogP contribution in [-0.4, -0.2) is 47.4 Å². The van der Waals surface area contributed by atoms with Gasteiger partial charge in [-0.05, 0) is 61.6 Å². The highest BCUT2D eigenvalue weighted by molar-refractivity contribution is 5.46. The summed E-state index contributed by atoms with van der Waals surface area (Å²) in [5, 5.41) is 4.69. The molecule has 0 amide bonds. The Balaban J connectivity index is 1.17. The van der Waals surface area contributed by atoms with Gasteiger partial charge in [0.2, 0.25) is 0 Å². The minimum atomic E-state index is 0.666. The van der Waals surface area contributed by atoms with Crippen LogP contribution in [0.1, 0.15) is 30.0 Å². The lowest BCUT2D eigenvalue weighted by Crippen LogP contribution is -2.46. The molecule has 1 atom stereocenters. The highest BCUT2D eigenvalue weighted by atomic mass is 15.3. The number of piperazine rings is 1. The first-order chi connectivity index (χ1) is 13.9. The Morgan fingerprint density at radius 1 is 0.821 bits per heavy atom. The molecule has 1 aliphatic heterocycles. The Morgan fingerprint density at radius 3 is 2.21 bits per heavy atom. The van der Waals surface area contributed by atoms with Crippen molar-refractivity contribution in [1.29, 1.82) is 0 Å². The molecule has 4 heteroatoms. The molecule has 1 fully saturated rings. The fourth-order valence-electron chi connectivity index (χ4n) is 4.74. The fourth-order valence-corrected chi connectivity index (χ4v) is 4.74. The molecule has 144 valence electrons. The monoisotopic (exact) mass is 372 g/mol. The second-order valence-corrected chi connectivity index (χ2v) is 7.98. The molecule has 0 saturated carbocycles. The maximum Gasteiger partial charge on any atom is 0.0648 e. The fraction of sp³-hybridized carbons (Fsp3) is 0.375. The van der Waals surface area contributed by atoms with E-state index in [4.69, 9.17) is 5.10 Å². The number of fused-ring (bicyclic) bond motifs is 1. The van der Waals surface area contributed by atoms with Crippen molar-refractivity contribution in [3.05, 3.63) is 78.1 Å². The van der Waals surface area contributed by atoms with Gasteiger partial charge in [0.05, 0.1) is 11.9 Å². The maximum atomic E-state index is 4.69. The summed E-state index contributed by atoms with van der Waals surface area (Å²) < 4.78 is 2.15. The Morgan fingerprint density at radius 2 is 1.50 bits per heavy atom. The summed E-state index contributed by atoms with van der Waals surface area (Å²) in [5.41, 5.74) is 5.44. The molecule has 2 aromatic carbocycles. The maximum absolute atomic E-state index is 4.69. The number of rotatable bonds is 5. The van der Waals surface area contributed by atoms with E-state index in [0.717, 1.165) is 32.6 Å². The highest BCUT2D eigenvalue weighted by Gasteiger charge is 2.28. The van der Waals surface area contributed by atoms with Crippen LogP contribution in [0.2, 0.25) is 0 Å². The van der Waals surface area contributed by atoms with E-state index in [0.29, 0.717) is 5.92 Å².